The van der Waals surface area contributed by atoms with Crippen molar-refractivity contribution in [3.63, 3.8) is 0 Å². The van der Waals surface area contributed by atoms with E-state index in [-0.39, 0.29) is 10.8 Å². The fourth-order valence-electron chi connectivity index (χ4n) is 2.35. The number of hydrogen-bond acceptors (Lipinski definition) is 3. The van der Waals surface area contributed by atoms with Crippen molar-refractivity contribution >= 4 is 21.6 Å². The largest absolute Gasteiger partial charge is 0.324 e. The molecule has 7 heteroatoms. The third-order valence-electron chi connectivity index (χ3n) is 3.70. The number of amides is 1. The van der Waals surface area contributed by atoms with Gasteiger partial charge in [0.05, 0.1) is 4.90 Å². The van der Waals surface area contributed by atoms with Gasteiger partial charge >= 0.3 is 0 Å². The molecule has 0 aliphatic rings. The molecular weight excluding hydrogens is 338 g/mol. The third kappa shape index (κ3) is 3.78. The normalized spacial score (nSPS) is 11.2. The van der Waals surface area contributed by atoms with Gasteiger partial charge in [0, 0.05) is 29.3 Å². The van der Waals surface area contributed by atoms with Gasteiger partial charge in [-0.1, -0.05) is 6.07 Å². The molecular formula is C18H17N3O3S. The van der Waals surface area contributed by atoms with Gasteiger partial charge in [0.2, 0.25) is 10.0 Å². The van der Waals surface area contributed by atoms with Crippen molar-refractivity contribution in [2.45, 2.75) is 4.90 Å². The molecule has 2 aromatic carbocycles. The standard InChI is InChI=1S/C18H17N3O3S/c1-19-25(23,24)17-6-4-5-15(13-17)20-18(22)14-7-9-16(10-8-14)21-11-2-3-12-21/h2-13,19H,1H3,(H,20,22). The minimum absolute atomic E-state index is 0.0933. The molecule has 6 nitrogen and oxygen atoms in total. The van der Waals surface area contributed by atoms with Crippen LogP contribution in [0.3, 0.4) is 0 Å². The molecule has 2 N–H and O–H groups in total. The summed E-state index contributed by atoms with van der Waals surface area (Å²) in [4.78, 5) is 12.5. The molecule has 0 radical (unpaired) electrons. The summed E-state index contributed by atoms with van der Waals surface area (Å²) in [5, 5.41) is 2.71. The Morgan fingerprint density at radius 1 is 0.960 bits per heavy atom. The number of carbonyl (C=O) groups is 1. The van der Waals surface area contributed by atoms with Gasteiger partial charge < -0.3 is 9.88 Å². The zero-order chi connectivity index (χ0) is 17.9. The van der Waals surface area contributed by atoms with Crippen LogP contribution >= 0.6 is 0 Å². The molecule has 0 spiro atoms. The number of sulfonamides is 1. The van der Waals surface area contributed by atoms with Gasteiger partial charge in [-0.05, 0) is 61.6 Å². The second-order valence-corrected chi connectivity index (χ2v) is 7.21. The quantitative estimate of drug-likeness (QED) is 0.738. The Hall–Kier alpha value is -2.90. The van der Waals surface area contributed by atoms with Gasteiger partial charge in [-0.2, -0.15) is 0 Å². The van der Waals surface area contributed by atoms with Crippen molar-refractivity contribution in [2.75, 3.05) is 12.4 Å². The van der Waals surface area contributed by atoms with E-state index in [2.05, 4.69) is 10.0 Å². The Bertz CT molecular complexity index is 979. The Balaban J connectivity index is 1.77. The summed E-state index contributed by atoms with van der Waals surface area (Å²) >= 11 is 0. The first kappa shape index (κ1) is 16.9. The molecule has 128 valence electrons. The van der Waals surface area contributed by atoms with Crippen LogP contribution < -0.4 is 10.0 Å². The van der Waals surface area contributed by atoms with Crippen molar-refractivity contribution in [2.24, 2.45) is 0 Å². The predicted molar refractivity (Wildman–Crippen MR) is 96.4 cm³/mol. The molecule has 25 heavy (non-hydrogen) atoms. The fourth-order valence-corrected chi connectivity index (χ4v) is 3.13. The van der Waals surface area contributed by atoms with Gasteiger partial charge in [-0.3, -0.25) is 4.79 Å². The highest BCUT2D eigenvalue weighted by atomic mass is 32.2. The molecule has 0 aliphatic heterocycles. The Morgan fingerprint density at radius 3 is 2.28 bits per heavy atom. The molecule has 0 fully saturated rings. The molecule has 0 unspecified atom stereocenters. The van der Waals surface area contributed by atoms with Gasteiger partial charge in [0.1, 0.15) is 0 Å². The van der Waals surface area contributed by atoms with E-state index in [4.69, 9.17) is 0 Å². The van der Waals surface area contributed by atoms with Crippen LogP contribution in [0.1, 0.15) is 10.4 Å². The van der Waals surface area contributed by atoms with E-state index >= 15 is 0 Å². The maximum absolute atomic E-state index is 12.4. The molecule has 1 amide bonds. The molecule has 3 rings (SSSR count). The summed E-state index contributed by atoms with van der Waals surface area (Å²) < 4.78 is 27.9. The summed E-state index contributed by atoms with van der Waals surface area (Å²) in [5.41, 5.74) is 1.84. The second-order valence-electron chi connectivity index (χ2n) is 5.33. The van der Waals surface area contributed by atoms with Crippen molar-refractivity contribution in [1.82, 2.24) is 9.29 Å². The van der Waals surface area contributed by atoms with Crippen molar-refractivity contribution in [3.8, 4) is 5.69 Å². The van der Waals surface area contributed by atoms with Gasteiger partial charge in [0.15, 0.2) is 0 Å². The number of hydrogen-bond donors (Lipinski definition) is 2. The molecule has 0 atom stereocenters. The molecule has 1 aromatic heterocycles. The van der Waals surface area contributed by atoms with Crippen molar-refractivity contribution < 1.29 is 13.2 Å². The minimum atomic E-state index is -3.56. The van der Waals surface area contributed by atoms with Crippen LogP contribution in [0, 0.1) is 0 Å². The van der Waals surface area contributed by atoms with Crippen LogP contribution in [-0.2, 0) is 10.0 Å². The zero-order valence-corrected chi connectivity index (χ0v) is 14.3. The molecule has 0 aliphatic carbocycles. The summed E-state index contributed by atoms with van der Waals surface area (Å²) in [7, 11) is -2.22. The van der Waals surface area contributed by atoms with E-state index in [1.807, 2.05) is 41.2 Å². The summed E-state index contributed by atoms with van der Waals surface area (Å²) in [6.07, 6.45) is 3.84. The van der Waals surface area contributed by atoms with Crippen LogP contribution in [0.4, 0.5) is 5.69 Å². The van der Waals surface area contributed by atoms with Gasteiger partial charge in [0.25, 0.3) is 5.91 Å². The van der Waals surface area contributed by atoms with E-state index in [1.54, 1.807) is 24.3 Å². The van der Waals surface area contributed by atoms with Gasteiger partial charge in [-0.15, -0.1) is 0 Å². The van der Waals surface area contributed by atoms with Crippen LogP contribution in [0.25, 0.3) is 5.69 Å². The number of nitrogens with one attached hydrogen (secondary N) is 2. The lowest BCUT2D eigenvalue weighted by molar-refractivity contribution is 0.102. The lowest BCUT2D eigenvalue weighted by Crippen LogP contribution is -2.19. The van der Waals surface area contributed by atoms with Crippen LogP contribution in [0.2, 0.25) is 0 Å². The highest BCUT2D eigenvalue weighted by Gasteiger charge is 2.13. The molecule has 0 saturated heterocycles. The summed E-state index contributed by atoms with van der Waals surface area (Å²) in [5.74, 6) is -0.307. The highest BCUT2D eigenvalue weighted by Crippen LogP contribution is 2.17. The topological polar surface area (TPSA) is 80.2 Å². The Morgan fingerprint density at radius 2 is 1.64 bits per heavy atom. The first-order valence-electron chi connectivity index (χ1n) is 7.58. The Kier molecular flexibility index (Phi) is 4.69. The summed E-state index contributed by atoms with van der Waals surface area (Å²) in [6, 6.07) is 17.1. The number of rotatable bonds is 5. The number of nitrogens with zero attached hydrogens (tertiary/aromatic N) is 1. The lowest BCUT2D eigenvalue weighted by Gasteiger charge is -2.09. The first-order chi connectivity index (χ1) is 12.0. The van der Waals surface area contributed by atoms with Crippen LogP contribution in [-0.4, -0.2) is 25.9 Å². The first-order valence-corrected chi connectivity index (χ1v) is 9.06. The smallest absolute Gasteiger partial charge is 0.255 e. The van der Waals surface area contributed by atoms with E-state index in [0.717, 1.165) is 5.69 Å². The van der Waals surface area contributed by atoms with Gasteiger partial charge in [-0.25, -0.2) is 13.1 Å². The molecule has 3 aromatic rings. The lowest BCUT2D eigenvalue weighted by atomic mass is 10.2. The van der Waals surface area contributed by atoms with Crippen LogP contribution in [0.5, 0.6) is 0 Å². The highest BCUT2D eigenvalue weighted by molar-refractivity contribution is 7.89. The SMILES string of the molecule is CNS(=O)(=O)c1cccc(NC(=O)c2ccc(-n3cccc3)cc2)c1. The van der Waals surface area contributed by atoms with E-state index in [0.29, 0.717) is 11.3 Å². The molecule has 0 bridgehead atoms. The van der Waals surface area contributed by atoms with E-state index in [9.17, 15) is 13.2 Å². The Labute approximate surface area is 146 Å². The average Bonchev–Trinajstić information content (AvgIpc) is 3.17. The number of aromatic nitrogens is 1. The zero-order valence-electron chi connectivity index (χ0n) is 13.5. The maximum atomic E-state index is 12.4. The number of carbonyl (C=O) groups excluding carboxylic acids is 1. The number of anilines is 1. The number of benzene rings is 2. The average molecular weight is 355 g/mol. The van der Waals surface area contributed by atoms with Crippen molar-refractivity contribution in [1.29, 1.82) is 0 Å². The third-order valence-corrected chi connectivity index (χ3v) is 5.12. The summed E-state index contributed by atoms with van der Waals surface area (Å²) in [6.45, 7) is 0. The monoisotopic (exact) mass is 355 g/mol. The van der Waals surface area contributed by atoms with E-state index < -0.39 is 10.0 Å². The fraction of sp³-hybridized carbons (Fsp3) is 0.0556. The van der Waals surface area contributed by atoms with E-state index in [1.165, 1.54) is 19.2 Å². The predicted octanol–water partition coefficient (Wildman–Crippen LogP) is 2.64. The molecule has 1 heterocycles. The van der Waals surface area contributed by atoms with Crippen molar-refractivity contribution in [3.05, 3.63) is 78.6 Å². The molecule has 0 saturated carbocycles. The van der Waals surface area contributed by atoms with Crippen LogP contribution in [0.15, 0.2) is 78.0 Å². The maximum Gasteiger partial charge on any atom is 0.255 e. The second kappa shape index (κ2) is 6.92. The minimum Gasteiger partial charge on any atom is -0.324 e.